The van der Waals surface area contributed by atoms with E-state index in [0.717, 1.165) is 60.9 Å². The van der Waals surface area contributed by atoms with Crippen LogP contribution in [0.15, 0.2) is 53.8 Å². The Kier molecular flexibility index (Phi) is 6.61. The van der Waals surface area contributed by atoms with Crippen molar-refractivity contribution in [2.75, 3.05) is 6.54 Å². The maximum atomic E-state index is 14.2. The van der Waals surface area contributed by atoms with E-state index in [1.807, 2.05) is 29.8 Å². The summed E-state index contributed by atoms with van der Waals surface area (Å²) < 4.78 is 47.1. The summed E-state index contributed by atoms with van der Waals surface area (Å²) in [4.78, 5) is 15.8. The van der Waals surface area contributed by atoms with E-state index in [1.165, 1.54) is 16.8 Å². The molecule has 0 spiro atoms. The zero-order valence-electron chi connectivity index (χ0n) is 22.2. The Hall–Kier alpha value is -3.40. The highest BCUT2D eigenvalue weighted by molar-refractivity contribution is 5.58. The van der Waals surface area contributed by atoms with Crippen LogP contribution in [-0.4, -0.2) is 41.2 Å². The summed E-state index contributed by atoms with van der Waals surface area (Å²) in [7, 11) is 1.91. The first-order valence-corrected chi connectivity index (χ1v) is 13.7. The molecule has 10 heteroatoms. The van der Waals surface area contributed by atoms with Crippen LogP contribution in [0.25, 0.3) is 11.2 Å². The Morgan fingerprint density at radius 3 is 2.56 bits per heavy atom. The number of alkyl halides is 3. The number of imidazole rings is 1. The summed E-state index contributed by atoms with van der Waals surface area (Å²) in [5.74, 6) is 1.26. The molecule has 1 saturated carbocycles. The lowest BCUT2D eigenvalue weighted by Crippen LogP contribution is -2.37. The van der Waals surface area contributed by atoms with Gasteiger partial charge in [-0.25, -0.2) is 4.79 Å². The molecule has 39 heavy (non-hydrogen) atoms. The van der Waals surface area contributed by atoms with E-state index >= 15 is 0 Å². The number of benzene rings is 1. The van der Waals surface area contributed by atoms with Crippen LogP contribution in [0.2, 0.25) is 0 Å². The standard InChI is InChI=1S/C29H33F3N6O/c1-19-7-3-4-12-36(19)15-20-13-24(29(30,31)32)25-17-37(28(39)38(25)16-20)23-11-6-10-22(14-23)26(21-8-5-9-21)27-34-33-18-35(27)2/h6,10-11,13-14,16-19,21,26H,3-5,7-9,12,15H2,1-2H3/t19-,26+/m1/s1. The van der Waals surface area contributed by atoms with Crippen molar-refractivity contribution in [2.45, 2.75) is 70.1 Å². The Balaban J connectivity index is 1.43. The number of aromatic nitrogens is 5. The number of halogens is 3. The second-order valence-electron chi connectivity index (χ2n) is 11.2. The molecule has 0 bridgehead atoms. The fourth-order valence-electron chi connectivity index (χ4n) is 6.22. The first-order valence-electron chi connectivity index (χ1n) is 13.7. The van der Waals surface area contributed by atoms with Crippen molar-refractivity contribution in [2.24, 2.45) is 13.0 Å². The Morgan fingerprint density at radius 1 is 1.08 bits per heavy atom. The van der Waals surface area contributed by atoms with Gasteiger partial charge >= 0.3 is 11.9 Å². The fourth-order valence-corrected chi connectivity index (χ4v) is 6.22. The van der Waals surface area contributed by atoms with E-state index in [9.17, 15) is 18.0 Å². The summed E-state index contributed by atoms with van der Waals surface area (Å²) in [6.45, 7) is 3.33. The molecule has 7 nitrogen and oxygen atoms in total. The molecule has 0 unspecified atom stereocenters. The van der Waals surface area contributed by atoms with Crippen LogP contribution in [0.4, 0.5) is 13.2 Å². The van der Waals surface area contributed by atoms with Gasteiger partial charge in [0.1, 0.15) is 12.2 Å². The highest BCUT2D eigenvalue weighted by atomic mass is 19.4. The molecule has 4 aromatic rings. The minimum absolute atomic E-state index is 0.00260. The Labute approximate surface area is 224 Å². The zero-order valence-corrected chi connectivity index (χ0v) is 22.2. The van der Waals surface area contributed by atoms with E-state index < -0.39 is 17.4 Å². The third-order valence-electron chi connectivity index (χ3n) is 8.61. The normalized spacial score (nSPS) is 19.9. The van der Waals surface area contributed by atoms with Gasteiger partial charge < -0.3 is 4.57 Å². The molecule has 1 aliphatic carbocycles. The van der Waals surface area contributed by atoms with Gasteiger partial charge in [0.05, 0.1) is 16.8 Å². The number of pyridine rings is 1. The molecule has 2 fully saturated rings. The van der Waals surface area contributed by atoms with Crippen LogP contribution in [0, 0.1) is 5.92 Å². The second-order valence-corrected chi connectivity index (χ2v) is 11.2. The summed E-state index contributed by atoms with van der Waals surface area (Å²) in [5.41, 5.74) is 0.558. The lowest BCUT2D eigenvalue weighted by atomic mass is 9.72. The number of rotatable bonds is 6. The van der Waals surface area contributed by atoms with Crippen molar-refractivity contribution in [1.82, 2.24) is 28.6 Å². The Morgan fingerprint density at radius 2 is 1.90 bits per heavy atom. The molecule has 6 rings (SSSR count). The minimum atomic E-state index is -4.59. The summed E-state index contributed by atoms with van der Waals surface area (Å²) in [5, 5.41) is 8.43. The van der Waals surface area contributed by atoms with E-state index in [0.29, 0.717) is 29.8 Å². The van der Waals surface area contributed by atoms with Gasteiger partial charge in [-0.2, -0.15) is 13.2 Å². The highest BCUT2D eigenvalue weighted by Gasteiger charge is 2.36. The van der Waals surface area contributed by atoms with Crippen LogP contribution in [0.5, 0.6) is 0 Å². The van der Waals surface area contributed by atoms with Gasteiger partial charge in [0.15, 0.2) is 0 Å². The van der Waals surface area contributed by atoms with E-state index in [-0.39, 0.29) is 11.4 Å². The van der Waals surface area contributed by atoms with E-state index in [1.54, 1.807) is 18.6 Å². The predicted octanol–water partition coefficient (Wildman–Crippen LogP) is 5.54. The third-order valence-corrected chi connectivity index (χ3v) is 8.61. The highest BCUT2D eigenvalue weighted by Crippen LogP contribution is 2.43. The second kappa shape index (κ2) is 9.97. The molecule has 0 amide bonds. The average Bonchev–Trinajstić information content (AvgIpc) is 3.44. The molecular formula is C29H33F3N6O. The molecule has 2 atom stereocenters. The van der Waals surface area contributed by atoms with Crippen LogP contribution < -0.4 is 5.69 Å². The predicted molar refractivity (Wildman–Crippen MR) is 142 cm³/mol. The quantitative estimate of drug-likeness (QED) is 0.323. The maximum absolute atomic E-state index is 14.2. The van der Waals surface area contributed by atoms with Crippen molar-refractivity contribution in [1.29, 1.82) is 0 Å². The van der Waals surface area contributed by atoms with Crippen molar-refractivity contribution in [3.8, 4) is 5.69 Å². The third kappa shape index (κ3) is 4.79. The molecule has 1 aromatic carbocycles. The van der Waals surface area contributed by atoms with Crippen molar-refractivity contribution in [3.63, 3.8) is 0 Å². The number of hydrogen-bond acceptors (Lipinski definition) is 4. The molecule has 4 heterocycles. The van der Waals surface area contributed by atoms with Crippen LogP contribution >= 0.6 is 0 Å². The summed E-state index contributed by atoms with van der Waals surface area (Å²) in [6.07, 6.45) is 6.47. The molecule has 1 saturated heterocycles. The molecule has 3 aromatic heterocycles. The summed E-state index contributed by atoms with van der Waals surface area (Å²) >= 11 is 0. The number of likely N-dealkylation sites (tertiary alicyclic amines) is 1. The number of piperidine rings is 1. The number of aryl methyl sites for hydroxylation is 1. The van der Waals surface area contributed by atoms with E-state index in [4.69, 9.17) is 0 Å². The monoisotopic (exact) mass is 538 g/mol. The first-order chi connectivity index (χ1) is 18.7. The number of nitrogens with zero attached hydrogens (tertiary/aromatic N) is 6. The molecule has 1 aliphatic heterocycles. The van der Waals surface area contributed by atoms with Crippen molar-refractivity contribution >= 4 is 5.52 Å². The average molecular weight is 539 g/mol. The SMILES string of the molecule is C[C@@H]1CCCCN1Cc1cc(C(F)(F)F)c2cn(-c3cccc([C@@H](c4nncn4C)C4CCC4)c3)c(=O)n2c1. The van der Waals surface area contributed by atoms with Crippen LogP contribution in [-0.2, 0) is 19.8 Å². The number of hydrogen-bond donors (Lipinski definition) is 0. The zero-order chi connectivity index (χ0) is 27.3. The van der Waals surface area contributed by atoms with Gasteiger partial charge in [0.2, 0.25) is 0 Å². The van der Waals surface area contributed by atoms with Crippen LogP contribution in [0.1, 0.15) is 73.9 Å². The largest absolute Gasteiger partial charge is 0.418 e. The molecule has 2 aliphatic rings. The molecule has 0 radical (unpaired) electrons. The van der Waals surface area contributed by atoms with Gasteiger partial charge in [0, 0.05) is 37.9 Å². The van der Waals surface area contributed by atoms with Crippen molar-refractivity contribution in [3.05, 3.63) is 82.1 Å². The topological polar surface area (TPSA) is 60.4 Å². The van der Waals surface area contributed by atoms with Gasteiger partial charge in [-0.05, 0) is 74.4 Å². The van der Waals surface area contributed by atoms with Crippen LogP contribution in [0.3, 0.4) is 0 Å². The van der Waals surface area contributed by atoms with Gasteiger partial charge in [0.25, 0.3) is 0 Å². The molecular weight excluding hydrogens is 505 g/mol. The smallest absolute Gasteiger partial charge is 0.320 e. The minimum Gasteiger partial charge on any atom is -0.320 e. The van der Waals surface area contributed by atoms with Crippen molar-refractivity contribution < 1.29 is 13.2 Å². The molecule has 206 valence electrons. The van der Waals surface area contributed by atoms with Gasteiger partial charge in [-0.3, -0.25) is 13.9 Å². The molecule has 0 N–H and O–H groups in total. The van der Waals surface area contributed by atoms with Gasteiger partial charge in [-0.1, -0.05) is 25.0 Å². The fraction of sp³-hybridized carbons (Fsp3) is 0.483. The lowest BCUT2D eigenvalue weighted by molar-refractivity contribution is -0.136. The maximum Gasteiger partial charge on any atom is 0.418 e. The first kappa shape index (κ1) is 25.9. The summed E-state index contributed by atoms with van der Waals surface area (Å²) in [6, 6.07) is 9.03. The Bertz CT molecular complexity index is 1550. The lowest BCUT2D eigenvalue weighted by Gasteiger charge is -2.33. The number of fused-ring (bicyclic) bond motifs is 1. The van der Waals surface area contributed by atoms with E-state index in [2.05, 4.69) is 22.0 Å². The van der Waals surface area contributed by atoms with Gasteiger partial charge in [-0.15, -0.1) is 10.2 Å².